The van der Waals surface area contributed by atoms with Crippen LogP contribution in [0.15, 0.2) is 249 Å². The van der Waals surface area contributed by atoms with Gasteiger partial charge in [0.05, 0.1) is 47.5 Å². The van der Waals surface area contributed by atoms with E-state index in [1.165, 1.54) is 11.1 Å². The topological polar surface area (TPSA) is 39.1 Å². The molecule has 14 rings (SSSR count). The van der Waals surface area contributed by atoms with Crippen LogP contribution in [0.1, 0.15) is 38.7 Å². The Morgan fingerprint density at radius 3 is 1.91 bits per heavy atom. The third-order valence-corrected chi connectivity index (χ3v) is 14.2. The van der Waals surface area contributed by atoms with E-state index in [2.05, 4.69) is 127 Å². The van der Waals surface area contributed by atoms with Gasteiger partial charge in [-0.3, -0.25) is 4.57 Å². The molecule has 7 heteroatoms. The van der Waals surface area contributed by atoms with Crippen molar-refractivity contribution >= 4 is 49.9 Å². The second-order valence-electron chi connectivity index (χ2n) is 18.8. The molecule has 1 aliphatic heterocycles. The fraction of sp³-hybridized carbons (Fsp3) is 0.0435. The van der Waals surface area contributed by atoms with Crippen molar-refractivity contribution in [1.82, 2.24) is 14.1 Å². The third-order valence-electron chi connectivity index (χ3n) is 14.2. The number of imidazole rings is 1. The van der Waals surface area contributed by atoms with E-state index >= 15 is 0 Å². The Kier molecular flexibility index (Phi) is 9.19. The van der Waals surface area contributed by atoms with Crippen LogP contribution in [0.2, 0.25) is 0 Å². The molecule has 0 saturated heterocycles. The Bertz CT molecular complexity index is 4750. The number of nitrogens with zero attached hydrogens (tertiary/aromatic N) is 5. The third kappa shape index (κ3) is 7.84. The zero-order valence-corrected chi connectivity index (χ0v) is 43.1. The van der Waals surface area contributed by atoms with E-state index in [9.17, 15) is 0 Å². The smallest absolute Gasteiger partial charge is 0.268 e. The molecular weight excluding hydrogens is 1110 g/mol. The SMILES string of the molecule is [2H]c1c([2H])c([2H])c(-c2cccc(-c3c([2H])c([2H])c([2H])c([2H])c3[2H])c2-[n+]2[c-]n(-c3[c-]c(Oc4[c-]c5c(cc4)c4cc(-c6ccccc6)ccc4n5-c4cc(N5c6ccccc6C(C)(C)c6ccccc65)ccn4)ccc3)c3ccccc32)c([2H])c1[2H].[Pt]. The van der Waals surface area contributed by atoms with Crippen LogP contribution in [0.5, 0.6) is 11.5 Å². The maximum atomic E-state index is 9.09. The quantitative estimate of drug-likeness (QED) is 0.107. The largest absolute Gasteiger partial charge is 0.510 e. The van der Waals surface area contributed by atoms with Crippen molar-refractivity contribution in [3.8, 4) is 62.1 Å². The number of hydrogen-bond acceptors (Lipinski definition) is 3. The summed E-state index contributed by atoms with van der Waals surface area (Å²) in [7, 11) is 0. The molecule has 0 spiro atoms. The van der Waals surface area contributed by atoms with Crippen molar-refractivity contribution in [2.45, 2.75) is 19.3 Å². The Morgan fingerprint density at radius 2 is 1.18 bits per heavy atom. The van der Waals surface area contributed by atoms with Crippen molar-refractivity contribution in [3.05, 3.63) is 278 Å². The molecule has 76 heavy (non-hydrogen) atoms. The molecule has 0 saturated carbocycles. The molecule has 0 fully saturated rings. The zero-order chi connectivity index (χ0) is 58.7. The van der Waals surface area contributed by atoms with Crippen molar-refractivity contribution in [2.75, 3.05) is 4.90 Å². The first-order valence-corrected chi connectivity index (χ1v) is 24.6. The molecule has 0 atom stereocenters. The van der Waals surface area contributed by atoms with Crippen molar-refractivity contribution in [3.63, 3.8) is 0 Å². The number of ether oxygens (including phenoxy) is 1. The summed E-state index contributed by atoms with van der Waals surface area (Å²) in [6.07, 6.45) is 5.29. The van der Waals surface area contributed by atoms with Gasteiger partial charge in [0.15, 0.2) is 0 Å². The van der Waals surface area contributed by atoms with Gasteiger partial charge in [0.2, 0.25) is 0 Å². The average molecular weight is 1170 g/mol. The van der Waals surface area contributed by atoms with Crippen LogP contribution in [-0.2, 0) is 26.5 Å². The fourth-order valence-electron chi connectivity index (χ4n) is 10.8. The van der Waals surface area contributed by atoms with Gasteiger partial charge in [-0.1, -0.05) is 201 Å². The summed E-state index contributed by atoms with van der Waals surface area (Å²) in [4.78, 5) is 7.38. The molecule has 366 valence electrons. The molecule has 10 aromatic carbocycles. The maximum absolute atomic E-state index is 9.09. The molecule has 1 aliphatic rings. The number of para-hydroxylation sites is 5. The first-order valence-electron chi connectivity index (χ1n) is 29.6. The van der Waals surface area contributed by atoms with E-state index in [-0.39, 0.29) is 54.4 Å². The first kappa shape index (κ1) is 36.8. The molecular formula is C69H47N5OPt-2. The van der Waals surface area contributed by atoms with Crippen LogP contribution < -0.4 is 14.2 Å². The summed E-state index contributed by atoms with van der Waals surface area (Å²) >= 11 is 0. The van der Waals surface area contributed by atoms with Crippen LogP contribution in [0.25, 0.3) is 83.4 Å². The minimum absolute atomic E-state index is 0. The van der Waals surface area contributed by atoms with Crippen molar-refractivity contribution < 1.29 is 44.1 Å². The number of fused-ring (bicyclic) bond motifs is 6. The number of anilines is 3. The predicted octanol–water partition coefficient (Wildman–Crippen LogP) is 16.7. The van der Waals surface area contributed by atoms with Gasteiger partial charge >= 0.3 is 0 Å². The van der Waals surface area contributed by atoms with Gasteiger partial charge in [0.25, 0.3) is 6.33 Å². The second kappa shape index (κ2) is 19.0. The van der Waals surface area contributed by atoms with Gasteiger partial charge in [-0.05, 0) is 79.8 Å². The van der Waals surface area contributed by atoms with Crippen LogP contribution in [0.3, 0.4) is 0 Å². The molecule has 4 heterocycles. The molecule has 6 nitrogen and oxygen atoms in total. The minimum Gasteiger partial charge on any atom is -0.510 e. The predicted molar refractivity (Wildman–Crippen MR) is 303 cm³/mol. The number of rotatable bonds is 9. The number of aromatic nitrogens is 4. The molecule has 0 amide bonds. The Balaban J connectivity index is 0.00000686. The summed E-state index contributed by atoms with van der Waals surface area (Å²) in [5.74, 6) is 1.42. The van der Waals surface area contributed by atoms with Gasteiger partial charge in [-0.15, -0.1) is 29.7 Å². The van der Waals surface area contributed by atoms with Crippen LogP contribution >= 0.6 is 0 Å². The molecule has 0 unspecified atom stereocenters. The van der Waals surface area contributed by atoms with E-state index in [0.29, 0.717) is 34.0 Å². The van der Waals surface area contributed by atoms with Gasteiger partial charge in [-0.25, -0.2) is 4.98 Å². The van der Waals surface area contributed by atoms with Crippen LogP contribution in [0.4, 0.5) is 17.1 Å². The molecule has 3 aromatic heterocycles. The summed E-state index contributed by atoms with van der Waals surface area (Å²) in [5, 5.41) is 1.94. The summed E-state index contributed by atoms with van der Waals surface area (Å²) in [5.41, 5.74) is 10.9. The number of hydrogen-bond donors (Lipinski definition) is 0. The van der Waals surface area contributed by atoms with Gasteiger partial charge in [0.1, 0.15) is 5.82 Å². The monoisotopic (exact) mass is 1170 g/mol. The summed E-state index contributed by atoms with van der Waals surface area (Å²) < 4.78 is 100.0. The van der Waals surface area contributed by atoms with E-state index < -0.39 is 60.4 Å². The van der Waals surface area contributed by atoms with Crippen molar-refractivity contribution in [1.29, 1.82) is 0 Å². The van der Waals surface area contributed by atoms with E-state index in [1.807, 2.05) is 79.0 Å². The zero-order valence-electron chi connectivity index (χ0n) is 50.9. The number of pyridine rings is 1. The Labute approximate surface area is 470 Å². The summed E-state index contributed by atoms with van der Waals surface area (Å²) in [6, 6.07) is 61.2. The Hall–Kier alpha value is -9.09. The standard InChI is InChI=1S/C69H47N5O.Pt/c1-69(2)59-30-12-14-32-62(59)73(63-33-15-13-31-60(63)69)52-40-41-70-67(44-52)74-61-39-36-50(47-20-6-3-7-21-47)42-58(61)57-38-37-54(45-66(57)74)75-53-27-18-26-51(43-53)71-46-72(65-35-17-16-34-64(65)71)68-55(48-22-8-4-9-23-48)28-19-29-56(68)49-24-10-5-11-25-49;/h3-42,44H,1-2H3;/q-2;/i4D,5D,8D,9D,10D,11D,22D,23D,24D,25D;. The summed E-state index contributed by atoms with van der Waals surface area (Å²) in [6.45, 7) is 4.54. The molecule has 13 aromatic rings. The fourth-order valence-corrected chi connectivity index (χ4v) is 10.8. The average Bonchev–Trinajstić information content (AvgIpc) is 4.28. The second-order valence-corrected chi connectivity index (χ2v) is 18.8. The van der Waals surface area contributed by atoms with Gasteiger partial charge in [0, 0.05) is 55.8 Å². The molecule has 0 radical (unpaired) electrons. The molecule has 0 N–H and O–H groups in total. The Morgan fingerprint density at radius 1 is 0.539 bits per heavy atom. The maximum Gasteiger partial charge on any atom is 0.268 e. The molecule has 0 aliphatic carbocycles. The van der Waals surface area contributed by atoms with E-state index in [0.717, 1.165) is 50.0 Å². The van der Waals surface area contributed by atoms with E-state index in [1.54, 1.807) is 33.4 Å². The minimum atomic E-state index is -0.578. The first-order chi connectivity index (χ1) is 41.1. The van der Waals surface area contributed by atoms with Gasteiger partial charge < -0.3 is 18.8 Å². The number of benzene rings is 10. The van der Waals surface area contributed by atoms with E-state index in [4.69, 9.17) is 23.4 Å². The normalized spacial score (nSPS) is 14.4. The molecule has 0 bridgehead atoms. The van der Waals surface area contributed by atoms with Crippen LogP contribution in [-0.4, -0.2) is 14.1 Å². The van der Waals surface area contributed by atoms with Gasteiger partial charge in [-0.2, -0.15) is 18.2 Å². The van der Waals surface area contributed by atoms with Crippen molar-refractivity contribution in [2.24, 2.45) is 0 Å². The van der Waals surface area contributed by atoms with Crippen LogP contribution in [0, 0.1) is 18.5 Å².